The van der Waals surface area contributed by atoms with Crippen LogP contribution in [0.25, 0.3) is 0 Å². The Morgan fingerprint density at radius 1 is 1.47 bits per heavy atom. The van der Waals surface area contributed by atoms with Crippen molar-refractivity contribution >= 4 is 45.6 Å². The van der Waals surface area contributed by atoms with Crippen molar-refractivity contribution in [2.75, 3.05) is 17.7 Å². The molecular formula is C11H12ClNS2. The van der Waals surface area contributed by atoms with Crippen LogP contribution in [0.3, 0.4) is 0 Å². The van der Waals surface area contributed by atoms with Crippen molar-refractivity contribution < 1.29 is 0 Å². The number of halogens is 1. The molecule has 1 rings (SSSR count). The zero-order valence-corrected chi connectivity index (χ0v) is 10.8. The minimum atomic E-state index is 0.615. The Morgan fingerprint density at radius 3 is 2.60 bits per heavy atom. The first kappa shape index (κ1) is 12.6. The fourth-order valence-electron chi connectivity index (χ4n) is 0.994. The topological polar surface area (TPSA) is 3.24 Å². The Bertz CT molecular complexity index is 351. The maximum absolute atomic E-state index is 5.68. The minimum absolute atomic E-state index is 0.615. The Kier molecular flexibility index (Phi) is 5.15. The van der Waals surface area contributed by atoms with E-state index in [1.165, 1.54) is 11.8 Å². The van der Waals surface area contributed by atoms with Gasteiger partial charge in [-0.1, -0.05) is 60.4 Å². The van der Waals surface area contributed by atoms with Gasteiger partial charge in [0, 0.05) is 23.5 Å². The fourth-order valence-corrected chi connectivity index (χ4v) is 2.02. The molecule has 0 saturated carbocycles. The van der Waals surface area contributed by atoms with E-state index in [0.717, 1.165) is 10.0 Å². The molecule has 4 heteroatoms. The fraction of sp³-hybridized carbons (Fsp3) is 0.182. The van der Waals surface area contributed by atoms with E-state index >= 15 is 0 Å². The van der Waals surface area contributed by atoms with Crippen LogP contribution in [0.5, 0.6) is 0 Å². The molecule has 0 atom stereocenters. The lowest BCUT2D eigenvalue weighted by atomic mass is 10.3. The normalized spacial score (nSPS) is 9.73. The van der Waals surface area contributed by atoms with Gasteiger partial charge in [0.1, 0.15) is 4.32 Å². The summed E-state index contributed by atoms with van der Waals surface area (Å²) in [7, 11) is 1.95. The smallest absolute Gasteiger partial charge is 0.140 e. The minimum Gasteiger partial charge on any atom is -0.330 e. The third-order valence-electron chi connectivity index (χ3n) is 1.77. The Balaban J connectivity index is 2.57. The van der Waals surface area contributed by atoms with Gasteiger partial charge in [0.2, 0.25) is 0 Å². The number of thioether (sulfide) groups is 1. The van der Waals surface area contributed by atoms with Crippen LogP contribution in [0.15, 0.2) is 41.9 Å². The zero-order valence-electron chi connectivity index (χ0n) is 8.44. The van der Waals surface area contributed by atoms with Crippen LogP contribution in [-0.4, -0.2) is 17.1 Å². The summed E-state index contributed by atoms with van der Waals surface area (Å²) in [5.74, 6) is 0.650. The van der Waals surface area contributed by atoms with E-state index in [-0.39, 0.29) is 0 Å². The molecule has 0 aliphatic rings. The number of benzene rings is 1. The first-order valence-electron chi connectivity index (χ1n) is 4.40. The molecule has 1 aromatic rings. The molecule has 0 aliphatic carbocycles. The van der Waals surface area contributed by atoms with E-state index in [4.69, 9.17) is 23.8 Å². The van der Waals surface area contributed by atoms with Crippen LogP contribution in [0, 0.1) is 0 Å². The van der Waals surface area contributed by atoms with Crippen LogP contribution < -0.4 is 4.90 Å². The second-order valence-corrected chi connectivity index (χ2v) is 5.11. The number of nitrogens with zero attached hydrogens (tertiary/aromatic N) is 1. The van der Waals surface area contributed by atoms with Gasteiger partial charge in [-0.3, -0.25) is 0 Å². The largest absolute Gasteiger partial charge is 0.330 e. The predicted octanol–water partition coefficient (Wildman–Crippen LogP) is 3.89. The SMILES string of the molecule is C=C(Cl)CSC(=S)N(C)c1ccccc1. The molecule has 1 aromatic carbocycles. The highest BCUT2D eigenvalue weighted by molar-refractivity contribution is 8.23. The summed E-state index contributed by atoms with van der Waals surface area (Å²) >= 11 is 12.5. The Labute approximate surface area is 105 Å². The van der Waals surface area contributed by atoms with Crippen molar-refractivity contribution in [3.05, 3.63) is 41.9 Å². The van der Waals surface area contributed by atoms with Crippen LogP contribution in [0.1, 0.15) is 0 Å². The maximum atomic E-state index is 5.68. The van der Waals surface area contributed by atoms with Crippen LogP contribution in [0.4, 0.5) is 5.69 Å². The first-order valence-corrected chi connectivity index (χ1v) is 6.17. The van der Waals surface area contributed by atoms with E-state index in [2.05, 4.69) is 6.58 Å². The molecular weight excluding hydrogens is 246 g/mol. The standard InChI is InChI=1S/C11H12ClNS2/c1-9(12)8-15-11(14)13(2)10-6-4-3-5-7-10/h3-7H,1,8H2,2H3. The van der Waals surface area contributed by atoms with Crippen molar-refractivity contribution in [1.82, 2.24) is 0 Å². The van der Waals surface area contributed by atoms with Crippen molar-refractivity contribution in [1.29, 1.82) is 0 Å². The van der Waals surface area contributed by atoms with E-state index in [9.17, 15) is 0 Å². The first-order chi connectivity index (χ1) is 7.11. The molecule has 0 unspecified atom stereocenters. The molecule has 0 fully saturated rings. The highest BCUT2D eigenvalue weighted by Gasteiger charge is 2.06. The number of anilines is 1. The number of hydrogen-bond donors (Lipinski definition) is 0. The summed E-state index contributed by atoms with van der Waals surface area (Å²) in [5.41, 5.74) is 1.08. The molecule has 0 N–H and O–H groups in total. The van der Waals surface area contributed by atoms with Gasteiger partial charge in [-0.25, -0.2) is 0 Å². The molecule has 0 spiro atoms. The molecule has 0 radical (unpaired) electrons. The van der Waals surface area contributed by atoms with Gasteiger partial charge in [-0.05, 0) is 12.1 Å². The van der Waals surface area contributed by atoms with Gasteiger partial charge in [0.15, 0.2) is 0 Å². The number of rotatable bonds is 3. The van der Waals surface area contributed by atoms with E-state index in [1.807, 2.05) is 42.3 Å². The third-order valence-corrected chi connectivity index (χ3v) is 3.70. The molecule has 0 heterocycles. The zero-order chi connectivity index (χ0) is 11.3. The third kappa shape index (κ3) is 4.24. The summed E-state index contributed by atoms with van der Waals surface area (Å²) in [6, 6.07) is 9.98. The molecule has 1 nitrogen and oxygen atoms in total. The lowest BCUT2D eigenvalue weighted by Crippen LogP contribution is -2.21. The van der Waals surface area contributed by atoms with Crippen LogP contribution >= 0.6 is 35.6 Å². The van der Waals surface area contributed by atoms with E-state index in [0.29, 0.717) is 10.8 Å². The summed E-state index contributed by atoms with van der Waals surface area (Å²) in [6.45, 7) is 3.63. The molecule has 15 heavy (non-hydrogen) atoms. The monoisotopic (exact) mass is 257 g/mol. The van der Waals surface area contributed by atoms with Gasteiger partial charge in [0.05, 0.1) is 0 Å². The van der Waals surface area contributed by atoms with E-state index < -0.39 is 0 Å². The molecule has 80 valence electrons. The summed E-state index contributed by atoms with van der Waals surface area (Å²) < 4.78 is 0.794. The number of thiocarbonyl (C=S) groups is 1. The molecule has 0 aliphatic heterocycles. The lowest BCUT2D eigenvalue weighted by molar-refractivity contribution is 1.31. The van der Waals surface area contributed by atoms with Crippen molar-refractivity contribution in [2.45, 2.75) is 0 Å². The van der Waals surface area contributed by atoms with Gasteiger partial charge < -0.3 is 4.90 Å². The quantitative estimate of drug-likeness (QED) is 0.757. The van der Waals surface area contributed by atoms with Crippen molar-refractivity contribution in [2.24, 2.45) is 0 Å². The van der Waals surface area contributed by atoms with E-state index in [1.54, 1.807) is 0 Å². The average Bonchev–Trinajstić information content (AvgIpc) is 2.26. The highest BCUT2D eigenvalue weighted by Crippen LogP contribution is 2.19. The Morgan fingerprint density at radius 2 is 2.07 bits per heavy atom. The Hall–Kier alpha value is -0.510. The van der Waals surface area contributed by atoms with Crippen LogP contribution in [0.2, 0.25) is 0 Å². The molecule has 0 amide bonds. The number of para-hydroxylation sites is 1. The summed E-state index contributed by atoms with van der Waals surface area (Å²) in [6.07, 6.45) is 0. The predicted molar refractivity (Wildman–Crippen MR) is 74.9 cm³/mol. The van der Waals surface area contributed by atoms with Crippen LogP contribution in [-0.2, 0) is 0 Å². The maximum Gasteiger partial charge on any atom is 0.140 e. The number of hydrogen-bond acceptors (Lipinski definition) is 2. The lowest BCUT2D eigenvalue weighted by Gasteiger charge is -2.19. The second-order valence-electron chi connectivity index (χ2n) is 2.97. The molecule has 0 aromatic heterocycles. The highest BCUT2D eigenvalue weighted by atomic mass is 35.5. The molecule has 0 bridgehead atoms. The van der Waals surface area contributed by atoms with Gasteiger partial charge in [-0.2, -0.15) is 0 Å². The van der Waals surface area contributed by atoms with Gasteiger partial charge >= 0.3 is 0 Å². The summed E-state index contributed by atoms with van der Waals surface area (Å²) in [5, 5.41) is 0.615. The summed E-state index contributed by atoms with van der Waals surface area (Å²) in [4.78, 5) is 1.96. The van der Waals surface area contributed by atoms with Crippen molar-refractivity contribution in [3.8, 4) is 0 Å². The van der Waals surface area contributed by atoms with Crippen molar-refractivity contribution in [3.63, 3.8) is 0 Å². The second kappa shape index (κ2) is 6.16. The van der Waals surface area contributed by atoms with Gasteiger partial charge in [-0.15, -0.1) is 0 Å². The molecule has 0 saturated heterocycles. The average molecular weight is 258 g/mol. The van der Waals surface area contributed by atoms with Gasteiger partial charge in [0.25, 0.3) is 0 Å².